The van der Waals surface area contributed by atoms with E-state index in [1.807, 2.05) is 0 Å². The summed E-state index contributed by atoms with van der Waals surface area (Å²) in [4.78, 5) is 4.14. The molecule has 116 valence electrons. The molecule has 1 heterocycles. The predicted molar refractivity (Wildman–Crippen MR) is 79.7 cm³/mol. The van der Waals surface area contributed by atoms with Crippen molar-refractivity contribution in [3.63, 3.8) is 0 Å². The Bertz CT molecular complexity index is 518. The molecule has 2 N–H and O–H groups in total. The van der Waals surface area contributed by atoms with Crippen molar-refractivity contribution in [2.24, 2.45) is 10.9 Å². The van der Waals surface area contributed by atoms with E-state index in [-0.39, 0.29) is 12.6 Å². The summed E-state index contributed by atoms with van der Waals surface area (Å²) < 4.78 is 24.3. The molecule has 1 aliphatic heterocycles. The van der Waals surface area contributed by atoms with E-state index in [1.165, 1.54) is 12.1 Å². The fourth-order valence-corrected chi connectivity index (χ4v) is 2.09. The molecule has 0 radical (unpaired) electrons. The number of rotatable bonds is 4. The smallest absolute Gasteiger partial charge is 0.191 e. The Morgan fingerprint density at radius 1 is 1.38 bits per heavy atom. The van der Waals surface area contributed by atoms with Crippen molar-refractivity contribution in [3.05, 3.63) is 29.1 Å². The van der Waals surface area contributed by atoms with Crippen molar-refractivity contribution in [2.45, 2.75) is 27.0 Å². The highest BCUT2D eigenvalue weighted by atomic mass is 19.1. The molecule has 2 rings (SSSR count). The lowest BCUT2D eigenvalue weighted by Gasteiger charge is -2.21. The number of ether oxygens (including phenoxy) is 2. The summed E-state index contributed by atoms with van der Waals surface area (Å²) in [5.74, 6) is 1.62. The molecule has 0 bridgehead atoms. The zero-order valence-electron chi connectivity index (χ0n) is 12.7. The number of benzene rings is 1. The molecule has 1 aliphatic rings. The van der Waals surface area contributed by atoms with E-state index in [0.717, 1.165) is 17.7 Å². The molecule has 0 aromatic heterocycles. The van der Waals surface area contributed by atoms with E-state index in [9.17, 15) is 4.39 Å². The molecule has 0 atom stereocenters. The number of guanidine groups is 1. The second-order valence-corrected chi connectivity index (χ2v) is 5.36. The molecule has 0 unspecified atom stereocenters. The summed E-state index contributed by atoms with van der Waals surface area (Å²) in [6.45, 7) is 6.09. The highest BCUT2D eigenvalue weighted by Crippen LogP contribution is 2.29. The minimum atomic E-state index is -0.287. The van der Waals surface area contributed by atoms with Gasteiger partial charge < -0.3 is 20.1 Å². The van der Waals surface area contributed by atoms with Gasteiger partial charge in [0, 0.05) is 31.3 Å². The highest BCUT2D eigenvalue weighted by molar-refractivity contribution is 5.79. The van der Waals surface area contributed by atoms with Gasteiger partial charge in [-0.3, -0.25) is 4.99 Å². The number of halogens is 1. The summed E-state index contributed by atoms with van der Waals surface area (Å²) in [7, 11) is 1.71. The van der Waals surface area contributed by atoms with Crippen LogP contribution in [0, 0.1) is 11.7 Å². The molecule has 1 aromatic rings. The summed E-state index contributed by atoms with van der Waals surface area (Å²) in [6, 6.07) is 2.93. The molecule has 0 fully saturated rings. The number of nitrogens with one attached hydrogen (secondary N) is 2. The third-order valence-electron chi connectivity index (χ3n) is 3.10. The summed E-state index contributed by atoms with van der Waals surface area (Å²) in [6.07, 6.45) is 0. The van der Waals surface area contributed by atoms with Gasteiger partial charge >= 0.3 is 0 Å². The van der Waals surface area contributed by atoms with Crippen LogP contribution in [-0.4, -0.2) is 26.3 Å². The lowest BCUT2D eigenvalue weighted by molar-refractivity contribution is -0.0172. The van der Waals surface area contributed by atoms with Crippen LogP contribution in [0.3, 0.4) is 0 Å². The zero-order chi connectivity index (χ0) is 15.2. The van der Waals surface area contributed by atoms with Gasteiger partial charge in [-0.25, -0.2) is 4.39 Å². The van der Waals surface area contributed by atoms with Gasteiger partial charge in [0.1, 0.15) is 11.6 Å². The first-order valence-electron chi connectivity index (χ1n) is 7.06. The van der Waals surface area contributed by atoms with Crippen LogP contribution in [-0.2, 0) is 17.9 Å². The molecular weight excluding hydrogens is 273 g/mol. The van der Waals surface area contributed by atoms with Crippen molar-refractivity contribution >= 4 is 5.96 Å². The van der Waals surface area contributed by atoms with Gasteiger partial charge in [0.2, 0.25) is 0 Å². The van der Waals surface area contributed by atoms with E-state index in [0.29, 0.717) is 30.8 Å². The van der Waals surface area contributed by atoms with Crippen LogP contribution < -0.4 is 15.4 Å². The van der Waals surface area contributed by atoms with Crippen LogP contribution in [0.1, 0.15) is 25.0 Å². The molecule has 21 heavy (non-hydrogen) atoms. The Kier molecular flexibility index (Phi) is 5.38. The monoisotopic (exact) mass is 295 g/mol. The molecule has 0 aliphatic carbocycles. The Balaban J connectivity index is 2.04. The van der Waals surface area contributed by atoms with Crippen molar-refractivity contribution in [2.75, 3.05) is 20.4 Å². The van der Waals surface area contributed by atoms with Gasteiger partial charge in [-0.1, -0.05) is 13.8 Å². The SMILES string of the molecule is CN=C(NCc1cc(F)cc2c1OCOC2)NCC(C)C. The average Bonchev–Trinajstić information content (AvgIpc) is 2.46. The van der Waals surface area contributed by atoms with Crippen LogP contribution in [0.2, 0.25) is 0 Å². The molecule has 0 saturated carbocycles. The van der Waals surface area contributed by atoms with Gasteiger partial charge in [-0.15, -0.1) is 0 Å². The van der Waals surface area contributed by atoms with Gasteiger partial charge in [0.25, 0.3) is 0 Å². The van der Waals surface area contributed by atoms with Crippen LogP contribution in [0.4, 0.5) is 4.39 Å². The second-order valence-electron chi connectivity index (χ2n) is 5.36. The standard InChI is InChI=1S/C15H22FN3O2/c1-10(2)6-18-15(17-3)19-7-11-4-13(16)5-12-8-20-9-21-14(11)12/h4-5,10H,6-9H2,1-3H3,(H2,17,18,19). The maximum absolute atomic E-state index is 13.6. The maximum atomic E-state index is 13.6. The lowest BCUT2D eigenvalue weighted by atomic mass is 10.1. The molecule has 0 spiro atoms. The second kappa shape index (κ2) is 7.26. The third-order valence-corrected chi connectivity index (χ3v) is 3.10. The van der Waals surface area contributed by atoms with Crippen molar-refractivity contribution in [1.82, 2.24) is 10.6 Å². The van der Waals surface area contributed by atoms with E-state index >= 15 is 0 Å². The fraction of sp³-hybridized carbons (Fsp3) is 0.533. The first kappa shape index (κ1) is 15.6. The predicted octanol–water partition coefficient (Wildman–Crippen LogP) is 2.01. The normalized spacial score (nSPS) is 14.6. The first-order valence-corrected chi connectivity index (χ1v) is 7.06. The molecular formula is C15H22FN3O2. The van der Waals surface area contributed by atoms with E-state index in [1.54, 1.807) is 7.05 Å². The summed E-state index contributed by atoms with van der Waals surface area (Å²) >= 11 is 0. The van der Waals surface area contributed by atoms with Gasteiger partial charge in [-0.2, -0.15) is 0 Å². The minimum Gasteiger partial charge on any atom is -0.467 e. The van der Waals surface area contributed by atoms with Crippen molar-refractivity contribution in [3.8, 4) is 5.75 Å². The molecule has 0 amide bonds. The number of hydrogen-bond acceptors (Lipinski definition) is 3. The summed E-state index contributed by atoms with van der Waals surface area (Å²) in [5, 5.41) is 6.38. The largest absolute Gasteiger partial charge is 0.467 e. The Morgan fingerprint density at radius 3 is 2.90 bits per heavy atom. The van der Waals surface area contributed by atoms with Crippen LogP contribution in [0.25, 0.3) is 0 Å². The third kappa shape index (κ3) is 4.32. The van der Waals surface area contributed by atoms with E-state index < -0.39 is 0 Å². The van der Waals surface area contributed by atoms with Gasteiger partial charge in [0.05, 0.1) is 6.61 Å². The summed E-state index contributed by atoms with van der Waals surface area (Å²) in [5.41, 5.74) is 1.50. The maximum Gasteiger partial charge on any atom is 0.191 e. The first-order chi connectivity index (χ1) is 10.1. The van der Waals surface area contributed by atoms with Crippen LogP contribution in [0.5, 0.6) is 5.75 Å². The van der Waals surface area contributed by atoms with Crippen LogP contribution >= 0.6 is 0 Å². The topological polar surface area (TPSA) is 54.9 Å². The van der Waals surface area contributed by atoms with Crippen molar-refractivity contribution < 1.29 is 13.9 Å². The van der Waals surface area contributed by atoms with Crippen molar-refractivity contribution in [1.29, 1.82) is 0 Å². The average molecular weight is 295 g/mol. The fourth-order valence-electron chi connectivity index (χ4n) is 2.09. The molecule has 0 saturated heterocycles. The molecule has 1 aromatic carbocycles. The Morgan fingerprint density at radius 2 is 2.19 bits per heavy atom. The van der Waals surface area contributed by atoms with Crippen LogP contribution in [0.15, 0.2) is 17.1 Å². The molecule has 6 heteroatoms. The number of aliphatic imine (C=N–C) groups is 1. The van der Waals surface area contributed by atoms with E-state index in [2.05, 4.69) is 29.5 Å². The highest BCUT2D eigenvalue weighted by Gasteiger charge is 2.17. The van der Waals surface area contributed by atoms with Gasteiger partial charge in [0.15, 0.2) is 12.8 Å². The lowest BCUT2D eigenvalue weighted by Crippen LogP contribution is -2.38. The Hall–Kier alpha value is -1.82. The Labute approximate surface area is 124 Å². The number of nitrogens with zero attached hydrogens (tertiary/aromatic N) is 1. The number of hydrogen-bond donors (Lipinski definition) is 2. The number of fused-ring (bicyclic) bond motifs is 1. The quantitative estimate of drug-likeness (QED) is 0.659. The van der Waals surface area contributed by atoms with Gasteiger partial charge in [-0.05, 0) is 18.1 Å². The minimum absolute atomic E-state index is 0.200. The zero-order valence-corrected chi connectivity index (χ0v) is 12.7. The molecule has 5 nitrogen and oxygen atoms in total. The van der Waals surface area contributed by atoms with E-state index in [4.69, 9.17) is 9.47 Å².